The van der Waals surface area contributed by atoms with Crippen LogP contribution < -0.4 is 5.32 Å². The molecule has 1 unspecified atom stereocenters. The van der Waals surface area contributed by atoms with E-state index in [1.165, 1.54) is 17.4 Å². The lowest BCUT2D eigenvalue weighted by molar-refractivity contribution is 0.621. The number of anilines is 1. The third-order valence-electron chi connectivity index (χ3n) is 2.45. The summed E-state index contributed by atoms with van der Waals surface area (Å²) in [6.07, 6.45) is 0. The summed E-state index contributed by atoms with van der Waals surface area (Å²) in [5.74, 6) is -0.304. The minimum absolute atomic E-state index is 0.0400. The van der Waals surface area contributed by atoms with Gasteiger partial charge in [-0.15, -0.1) is 11.3 Å². The average molecular weight is 369 g/mol. The minimum atomic E-state index is -0.304. The van der Waals surface area contributed by atoms with Crippen LogP contribution in [0.4, 0.5) is 10.1 Å². The fourth-order valence-corrected chi connectivity index (χ4v) is 3.45. The lowest BCUT2D eigenvalue weighted by Crippen LogP contribution is -2.06. The predicted molar refractivity (Wildman–Crippen MR) is 80.5 cm³/mol. The normalized spacial score (nSPS) is 12.5. The van der Waals surface area contributed by atoms with Crippen LogP contribution in [0, 0.1) is 5.82 Å². The van der Waals surface area contributed by atoms with Gasteiger partial charge in [0.1, 0.15) is 5.82 Å². The number of benzene rings is 1. The van der Waals surface area contributed by atoms with Crippen molar-refractivity contribution in [3.05, 3.63) is 48.8 Å². The van der Waals surface area contributed by atoms with E-state index in [1.807, 2.05) is 13.0 Å². The number of halogens is 4. The van der Waals surface area contributed by atoms with Crippen LogP contribution in [0.25, 0.3) is 0 Å². The Bertz CT molecular complexity index is 573. The first-order valence-corrected chi connectivity index (χ1v) is 7.50. The highest BCUT2D eigenvalue weighted by atomic mass is 79.9. The minimum Gasteiger partial charge on any atom is -0.378 e. The molecular formula is C12H9BrCl2FNS. The van der Waals surface area contributed by atoms with Crippen LogP contribution in [0.15, 0.2) is 28.7 Å². The summed E-state index contributed by atoms with van der Waals surface area (Å²) in [4.78, 5) is 0. The molecule has 0 saturated carbocycles. The summed E-state index contributed by atoms with van der Waals surface area (Å²) in [5.41, 5.74) is 1.61. The van der Waals surface area contributed by atoms with E-state index < -0.39 is 0 Å². The van der Waals surface area contributed by atoms with Gasteiger partial charge >= 0.3 is 0 Å². The van der Waals surface area contributed by atoms with Gasteiger partial charge in [0.05, 0.1) is 19.2 Å². The second-order valence-corrected chi connectivity index (χ2v) is 6.91. The molecule has 2 aromatic rings. The molecule has 1 atom stereocenters. The SMILES string of the molecule is CC(Nc1ccc(Br)c(F)c1)c1cc(Cl)sc1Cl. The van der Waals surface area contributed by atoms with E-state index in [0.717, 1.165) is 5.56 Å². The Morgan fingerprint density at radius 1 is 1.33 bits per heavy atom. The molecule has 0 saturated heterocycles. The molecule has 96 valence electrons. The van der Waals surface area contributed by atoms with Gasteiger partial charge in [-0.25, -0.2) is 4.39 Å². The molecule has 0 radical (unpaired) electrons. The van der Waals surface area contributed by atoms with Gasteiger partial charge in [-0.2, -0.15) is 0 Å². The maximum Gasteiger partial charge on any atom is 0.139 e. The van der Waals surface area contributed by atoms with E-state index in [0.29, 0.717) is 18.8 Å². The lowest BCUT2D eigenvalue weighted by Gasteiger charge is -2.15. The summed E-state index contributed by atoms with van der Waals surface area (Å²) in [6, 6.07) is 6.67. The highest BCUT2D eigenvalue weighted by Gasteiger charge is 2.13. The average Bonchev–Trinajstić information content (AvgIpc) is 2.63. The van der Waals surface area contributed by atoms with Crippen molar-refractivity contribution in [2.24, 2.45) is 0 Å². The maximum absolute atomic E-state index is 13.4. The van der Waals surface area contributed by atoms with Gasteiger partial charge in [-0.05, 0) is 47.1 Å². The summed E-state index contributed by atoms with van der Waals surface area (Å²) in [6.45, 7) is 1.95. The molecule has 0 amide bonds. The van der Waals surface area contributed by atoms with Crippen LogP contribution in [0.5, 0.6) is 0 Å². The van der Waals surface area contributed by atoms with E-state index in [2.05, 4.69) is 21.2 Å². The van der Waals surface area contributed by atoms with Crippen LogP contribution in [0.1, 0.15) is 18.5 Å². The van der Waals surface area contributed by atoms with Crippen LogP contribution >= 0.6 is 50.5 Å². The Morgan fingerprint density at radius 2 is 2.06 bits per heavy atom. The molecule has 1 aromatic carbocycles. The van der Waals surface area contributed by atoms with Crippen LogP contribution in [0.3, 0.4) is 0 Å². The van der Waals surface area contributed by atoms with Gasteiger partial charge in [0.25, 0.3) is 0 Å². The van der Waals surface area contributed by atoms with Gasteiger partial charge in [0, 0.05) is 11.3 Å². The number of hydrogen-bond donors (Lipinski definition) is 1. The topological polar surface area (TPSA) is 12.0 Å². The monoisotopic (exact) mass is 367 g/mol. The quantitative estimate of drug-likeness (QED) is 0.687. The Morgan fingerprint density at radius 3 is 2.61 bits per heavy atom. The van der Waals surface area contributed by atoms with Crippen LogP contribution in [0.2, 0.25) is 8.67 Å². The number of thiophene rings is 1. The lowest BCUT2D eigenvalue weighted by atomic mass is 10.1. The molecule has 2 rings (SSSR count). The Hall–Kier alpha value is -0.290. The molecule has 0 aliphatic heterocycles. The molecule has 0 fully saturated rings. The van der Waals surface area contributed by atoms with E-state index in [-0.39, 0.29) is 11.9 Å². The number of nitrogens with one attached hydrogen (secondary N) is 1. The Kier molecular flexibility index (Phi) is 4.54. The fourth-order valence-electron chi connectivity index (χ4n) is 1.56. The van der Waals surface area contributed by atoms with E-state index >= 15 is 0 Å². The zero-order valence-corrected chi connectivity index (χ0v) is 13.2. The summed E-state index contributed by atoms with van der Waals surface area (Å²) in [7, 11) is 0. The maximum atomic E-state index is 13.4. The largest absolute Gasteiger partial charge is 0.378 e. The predicted octanol–water partition coefficient (Wildman–Crippen LogP) is 6.13. The van der Waals surface area contributed by atoms with Crippen molar-refractivity contribution >= 4 is 56.2 Å². The van der Waals surface area contributed by atoms with Gasteiger partial charge < -0.3 is 5.32 Å². The second-order valence-electron chi connectivity index (χ2n) is 3.77. The molecule has 1 heterocycles. The van der Waals surface area contributed by atoms with Crippen molar-refractivity contribution in [2.45, 2.75) is 13.0 Å². The van der Waals surface area contributed by atoms with Crippen LogP contribution in [-0.4, -0.2) is 0 Å². The molecule has 18 heavy (non-hydrogen) atoms. The van der Waals surface area contributed by atoms with Gasteiger partial charge in [0.15, 0.2) is 0 Å². The number of rotatable bonds is 3. The molecule has 1 N–H and O–H groups in total. The zero-order valence-electron chi connectivity index (χ0n) is 9.31. The molecule has 0 spiro atoms. The van der Waals surface area contributed by atoms with Gasteiger partial charge in [-0.1, -0.05) is 23.2 Å². The van der Waals surface area contributed by atoms with Gasteiger partial charge in [0.2, 0.25) is 0 Å². The van der Waals surface area contributed by atoms with Crippen molar-refractivity contribution < 1.29 is 4.39 Å². The van der Waals surface area contributed by atoms with Crippen molar-refractivity contribution in [1.29, 1.82) is 0 Å². The molecule has 0 aliphatic rings. The van der Waals surface area contributed by atoms with E-state index in [1.54, 1.807) is 12.1 Å². The van der Waals surface area contributed by atoms with Crippen molar-refractivity contribution in [1.82, 2.24) is 0 Å². The number of hydrogen-bond acceptors (Lipinski definition) is 2. The van der Waals surface area contributed by atoms with Crippen LogP contribution in [-0.2, 0) is 0 Å². The summed E-state index contributed by atoms with van der Waals surface area (Å²) in [5, 5.41) is 3.18. The standard InChI is InChI=1S/C12H9BrCl2FNS/c1-6(8-5-11(14)18-12(8)15)17-7-2-3-9(13)10(16)4-7/h2-6,17H,1H3. The fraction of sp³-hybridized carbons (Fsp3) is 0.167. The van der Waals surface area contributed by atoms with Crippen molar-refractivity contribution in [3.63, 3.8) is 0 Å². The van der Waals surface area contributed by atoms with Crippen molar-refractivity contribution in [3.8, 4) is 0 Å². The first-order chi connectivity index (χ1) is 8.47. The first kappa shape index (κ1) is 14.1. The molecule has 1 aromatic heterocycles. The first-order valence-electron chi connectivity index (χ1n) is 5.13. The third-order valence-corrected chi connectivity index (χ3v) is 4.61. The molecule has 0 bridgehead atoms. The second kappa shape index (κ2) is 5.78. The molecule has 1 nitrogen and oxygen atoms in total. The molecular weight excluding hydrogens is 360 g/mol. The Labute approximate surface area is 127 Å². The molecule has 6 heteroatoms. The Balaban J connectivity index is 2.18. The summed E-state index contributed by atoms with van der Waals surface area (Å²) >= 11 is 16.4. The summed E-state index contributed by atoms with van der Waals surface area (Å²) < 4.78 is 15.1. The third kappa shape index (κ3) is 3.18. The van der Waals surface area contributed by atoms with E-state index in [4.69, 9.17) is 23.2 Å². The smallest absolute Gasteiger partial charge is 0.139 e. The highest BCUT2D eigenvalue weighted by Crippen LogP contribution is 2.36. The zero-order chi connectivity index (χ0) is 13.3. The van der Waals surface area contributed by atoms with Gasteiger partial charge in [-0.3, -0.25) is 0 Å². The molecule has 0 aliphatic carbocycles. The highest BCUT2D eigenvalue weighted by molar-refractivity contribution is 9.10. The van der Waals surface area contributed by atoms with Crippen molar-refractivity contribution in [2.75, 3.05) is 5.32 Å². The van der Waals surface area contributed by atoms with E-state index in [9.17, 15) is 4.39 Å².